The number of aliphatic hydroxyl groups is 14. The molecular formula is C42H65N3O34. The van der Waals surface area contributed by atoms with Crippen LogP contribution in [0.5, 0.6) is 0 Å². The summed E-state index contributed by atoms with van der Waals surface area (Å²) in [5.41, 5.74) is 0. The van der Waals surface area contributed by atoms with Gasteiger partial charge in [0.25, 0.3) is 0 Å². The largest absolute Gasteiger partial charge is 0.479 e. The number of carboxylic acid groups (broad SMARTS) is 3. The van der Waals surface area contributed by atoms with Gasteiger partial charge in [-0.1, -0.05) is 0 Å². The highest BCUT2D eigenvalue weighted by atomic mass is 16.8. The highest BCUT2D eigenvalue weighted by Gasteiger charge is 2.60. The van der Waals surface area contributed by atoms with Gasteiger partial charge in [0.1, 0.15) is 128 Å². The molecule has 6 rings (SSSR count). The standard InChI is InChI=1S/C42H65N3O34/c1-7(49)43-13-19(55)16(52)10(4-46)69-38(13)75-29-21(57)24(60)41(78-32(29)35(64)65)74-27-15(45-9(3)51)40(71-12(6-48)18(27)54)77-30-22(58)25(61)42(79-33(30)36(66)67)73-26-14(44-8(2)50)39(70-11(5-47)17(26)53)76-28-20(56)23(59)37(68)72-31(28)34(62)63/h10-33,37-42,46-48,52-61,68H,4-6H2,1-3H3,(H,43,49)(H,44,50)(H,45,51)(H,62,63)(H,64,65)(H,66,67)/t10-,11-,12-,13-,14-,15-,16-,17-,18-,19-,20-,21-,22-,23-,24-,25-,26-,27-,28+,29+,30+,31+,32+,33+,37?,38+,39+,40+,41-,42-/m1/s1. The lowest BCUT2D eigenvalue weighted by Crippen LogP contribution is -2.71. The number of rotatable bonds is 19. The van der Waals surface area contributed by atoms with E-state index in [9.17, 15) is 116 Å². The molecule has 20 N–H and O–H groups in total. The van der Waals surface area contributed by atoms with Gasteiger partial charge in [-0.3, -0.25) is 14.4 Å². The molecule has 6 aliphatic heterocycles. The maximum Gasteiger partial charge on any atom is 0.335 e. The van der Waals surface area contributed by atoms with Crippen LogP contribution < -0.4 is 16.0 Å². The highest BCUT2D eigenvalue weighted by Crippen LogP contribution is 2.37. The van der Waals surface area contributed by atoms with Gasteiger partial charge < -0.3 is 155 Å². The van der Waals surface area contributed by atoms with E-state index in [1.165, 1.54) is 0 Å². The molecule has 6 aliphatic rings. The van der Waals surface area contributed by atoms with Crippen LogP contribution in [0.4, 0.5) is 0 Å². The van der Waals surface area contributed by atoms with E-state index >= 15 is 0 Å². The Morgan fingerprint density at radius 2 is 0.633 bits per heavy atom. The molecule has 0 spiro atoms. The van der Waals surface area contributed by atoms with Crippen molar-refractivity contribution in [2.45, 2.75) is 205 Å². The SMILES string of the molecule is CC(=O)N[C@H]1[C@H](O[C@H]2[C@H](O)[C@@H](O)[C@H](O[C@H]3[C@H](O)[C@@H](CO)O[C@@H](O[C@H]4[C@H](O)[C@@H](O)[C@H](O[C@H]5[C@H](O)[C@@H](CO)O[C@@H](O[C@H]6[C@H](O)[C@@H](O)C(O)O[C@@H]6C(=O)O)[C@@H]5NC(C)=O)O[C@@H]4C(=O)O)[C@@H]3NC(C)=O)O[C@@H]2C(=O)O)O[C@H](CO)[C@@H](O)[C@@H]1O. The first-order valence-corrected chi connectivity index (χ1v) is 24.1. The summed E-state index contributed by atoms with van der Waals surface area (Å²) in [4.78, 5) is 75.0. The lowest BCUT2D eigenvalue weighted by Gasteiger charge is -2.50. The van der Waals surface area contributed by atoms with E-state index in [1.54, 1.807) is 0 Å². The lowest BCUT2D eigenvalue weighted by molar-refractivity contribution is -0.377. The number of amides is 3. The quantitative estimate of drug-likeness (QED) is 0.0571. The number of aliphatic hydroxyl groups excluding tert-OH is 14. The first kappa shape index (κ1) is 64.0. The average molecular weight is 1160 g/mol. The minimum atomic E-state index is -2.53. The van der Waals surface area contributed by atoms with Gasteiger partial charge in [0.05, 0.1) is 19.8 Å². The molecule has 6 fully saturated rings. The maximum absolute atomic E-state index is 12.9. The highest BCUT2D eigenvalue weighted by molar-refractivity contribution is 5.75. The van der Waals surface area contributed by atoms with Crippen molar-refractivity contribution in [3.63, 3.8) is 0 Å². The van der Waals surface area contributed by atoms with Crippen LogP contribution in [0.3, 0.4) is 0 Å². The predicted molar refractivity (Wildman–Crippen MR) is 236 cm³/mol. The fourth-order valence-corrected chi connectivity index (χ4v) is 9.63. The Morgan fingerprint density at radius 1 is 0.342 bits per heavy atom. The minimum Gasteiger partial charge on any atom is -0.479 e. The summed E-state index contributed by atoms with van der Waals surface area (Å²) in [7, 11) is 0. The van der Waals surface area contributed by atoms with Crippen LogP contribution in [0.15, 0.2) is 0 Å². The van der Waals surface area contributed by atoms with Crippen molar-refractivity contribution in [2.75, 3.05) is 19.8 Å². The van der Waals surface area contributed by atoms with E-state index in [0.29, 0.717) is 0 Å². The van der Waals surface area contributed by atoms with Crippen LogP contribution in [0.1, 0.15) is 20.8 Å². The number of carboxylic acids is 3. The van der Waals surface area contributed by atoms with Crippen molar-refractivity contribution >= 4 is 35.6 Å². The summed E-state index contributed by atoms with van der Waals surface area (Å²) in [5.74, 6) is -8.60. The van der Waals surface area contributed by atoms with Crippen LogP contribution in [-0.2, 0) is 80.9 Å². The second-order valence-corrected chi connectivity index (χ2v) is 19.1. The van der Waals surface area contributed by atoms with Crippen LogP contribution in [0, 0.1) is 0 Å². The Labute approximate surface area is 443 Å². The number of aliphatic carboxylic acids is 3. The van der Waals surface area contributed by atoms with Gasteiger partial charge in [0, 0.05) is 20.8 Å². The molecule has 30 atom stereocenters. The van der Waals surface area contributed by atoms with E-state index < -0.39 is 239 Å². The molecule has 0 aromatic heterocycles. The first-order valence-electron chi connectivity index (χ1n) is 24.1. The average Bonchev–Trinajstić information content (AvgIpc) is 3.54. The summed E-state index contributed by atoms with van der Waals surface area (Å²) in [6.45, 7) is -0.435. The molecule has 0 radical (unpaired) electrons. The molecule has 79 heavy (non-hydrogen) atoms. The van der Waals surface area contributed by atoms with Crippen LogP contribution in [0.2, 0.25) is 0 Å². The van der Waals surface area contributed by atoms with Crippen molar-refractivity contribution in [3.8, 4) is 0 Å². The van der Waals surface area contributed by atoms with Crippen molar-refractivity contribution in [1.82, 2.24) is 16.0 Å². The Balaban J connectivity index is 1.25. The summed E-state index contributed by atoms with van der Waals surface area (Å²) in [5, 5.41) is 188. The van der Waals surface area contributed by atoms with Crippen molar-refractivity contribution < 1.29 is 168 Å². The van der Waals surface area contributed by atoms with E-state index in [-0.39, 0.29) is 0 Å². The number of hydrogen-bond acceptors (Lipinski definition) is 31. The van der Waals surface area contributed by atoms with E-state index in [4.69, 9.17) is 52.1 Å². The molecule has 6 saturated heterocycles. The number of carbonyl (C=O) groups excluding carboxylic acids is 3. The van der Waals surface area contributed by atoms with Gasteiger partial charge in [-0.15, -0.1) is 0 Å². The number of ether oxygens (including phenoxy) is 11. The minimum absolute atomic E-state index is 0.824. The zero-order chi connectivity index (χ0) is 58.8. The van der Waals surface area contributed by atoms with Gasteiger partial charge >= 0.3 is 17.9 Å². The second kappa shape index (κ2) is 26.8. The third kappa shape index (κ3) is 13.8. The molecule has 0 aromatic rings. The monoisotopic (exact) mass is 1160 g/mol. The van der Waals surface area contributed by atoms with Gasteiger partial charge in [-0.2, -0.15) is 0 Å². The molecule has 0 bridgehead atoms. The molecule has 37 nitrogen and oxygen atoms in total. The summed E-state index contributed by atoms with van der Waals surface area (Å²) < 4.78 is 61.2. The number of hydrogen-bond donors (Lipinski definition) is 20. The molecule has 0 saturated carbocycles. The fourth-order valence-electron chi connectivity index (χ4n) is 9.63. The summed E-state index contributed by atoms with van der Waals surface area (Å²) >= 11 is 0. The molecule has 37 heteroatoms. The molecular weight excluding hydrogens is 1090 g/mol. The van der Waals surface area contributed by atoms with E-state index in [0.717, 1.165) is 20.8 Å². The van der Waals surface area contributed by atoms with Crippen molar-refractivity contribution in [1.29, 1.82) is 0 Å². The van der Waals surface area contributed by atoms with E-state index in [2.05, 4.69) is 16.0 Å². The molecule has 0 aliphatic carbocycles. The number of nitrogens with one attached hydrogen (secondary N) is 3. The van der Waals surface area contributed by atoms with Crippen molar-refractivity contribution in [2.24, 2.45) is 0 Å². The number of carbonyl (C=O) groups is 6. The summed E-state index contributed by atoms with van der Waals surface area (Å²) in [6.07, 6.45) is -59.2. The van der Waals surface area contributed by atoms with Gasteiger partial charge in [-0.05, 0) is 0 Å². The normalized spacial score (nSPS) is 46.6. The molecule has 1 unspecified atom stereocenters. The van der Waals surface area contributed by atoms with Gasteiger partial charge in [0.15, 0.2) is 56.1 Å². The van der Waals surface area contributed by atoms with Gasteiger partial charge in [-0.25, -0.2) is 14.4 Å². The molecule has 3 amide bonds. The maximum atomic E-state index is 12.9. The third-order valence-electron chi connectivity index (χ3n) is 13.5. The Hall–Kier alpha value is -4.18. The Kier molecular flexibility index (Phi) is 21.7. The molecule has 6 heterocycles. The second-order valence-electron chi connectivity index (χ2n) is 19.1. The van der Waals surface area contributed by atoms with Crippen LogP contribution in [-0.4, -0.2) is 326 Å². The predicted octanol–water partition coefficient (Wildman–Crippen LogP) is -13.4. The van der Waals surface area contributed by atoms with Crippen LogP contribution in [0.25, 0.3) is 0 Å². The fraction of sp³-hybridized carbons (Fsp3) is 0.857. The topological polar surface area (TPSA) is 584 Å². The van der Waals surface area contributed by atoms with Gasteiger partial charge in [0.2, 0.25) is 17.7 Å². The Bertz CT molecular complexity index is 2120. The zero-order valence-corrected chi connectivity index (χ0v) is 41.5. The molecule has 452 valence electrons. The van der Waals surface area contributed by atoms with E-state index in [1.807, 2.05) is 0 Å². The third-order valence-corrected chi connectivity index (χ3v) is 13.5. The Morgan fingerprint density at radius 3 is 0.962 bits per heavy atom. The van der Waals surface area contributed by atoms with Crippen LogP contribution >= 0.6 is 0 Å². The molecule has 0 aromatic carbocycles. The smallest absolute Gasteiger partial charge is 0.335 e. The first-order chi connectivity index (χ1) is 37.1. The summed E-state index contributed by atoms with van der Waals surface area (Å²) in [6, 6.07) is -5.63. The lowest BCUT2D eigenvalue weighted by atomic mass is 9.93. The van der Waals surface area contributed by atoms with Crippen molar-refractivity contribution in [3.05, 3.63) is 0 Å². The zero-order valence-electron chi connectivity index (χ0n) is 41.5.